The van der Waals surface area contributed by atoms with Crippen LogP contribution in [0.25, 0.3) is 10.9 Å². The molecule has 0 radical (unpaired) electrons. The zero-order chi connectivity index (χ0) is 29.4. The van der Waals surface area contributed by atoms with Crippen LogP contribution in [0, 0.1) is 11.7 Å². The highest BCUT2D eigenvalue weighted by Crippen LogP contribution is 2.55. The lowest BCUT2D eigenvalue weighted by Gasteiger charge is -2.41. The van der Waals surface area contributed by atoms with Gasteiger partial charge in [-0.1, -0.05) is 53.5 Å². The number of aromatic amines is 1. The van der Waals surface area contributed by atoms with E-state index in [1.165, 1.54) is 23.9 Å². The van der Waals surface area contributed by atoms with E-state index in [0.717, 1.165) is 21.4 Å². The fourth-order valence-corrected chi connectivity index (χ4v) is 7.99. The maximum absolute atomic E-state index is 14.8. The lowest BCUT2D eigenvalue weighted by atomic mass is 9.89. The molecule has 2 aliphatic rings. The molecule has 6 nitrogen and oxygen atoms in total. The second-order valence-electron chi connectivity index (χ2n) is 11.0. The van der Waals surface area contributed by atoms with E-state index in [1.54, 1.807) is 17.0 Å². The van der Waals surface area contributed by atoms with Crippen LogP contribution in [0.2, 0.25) is 10.0 Å². The van der Waals surface area contributed by atoms with E-state index in [2.05, 4.69) is 4.98 Å². The number of halogens is 3. The summed E-state index contributed by atoms with van der Waals surface area (Å²) in [4.78, 5) is 36.6. The average molecular weight is 627 g/mol. The minimum absolute atomic E-state index is 0.00648. The molecule has 0 bridgehead atoms. The molecule has 0 unspecified atom stereocenters. The van der Waals surface area contributed by atoms with Gasteiger partial charge in [-0.05, 0) is 60.7 Å². The summed E-state index contributed by atoms with van der Waals surface area (Å²) in [5.74, 6) is -0.714. The van der Waals surface area contributed by atoms with Crippen LogP contribution in [0.1, 0.15) is 36.4 Å². The number of carbonyl (C=O) groups is 2. The molecule has 42 heavy (non-hydrogen) atoms. The van der Waals surface area contributed by atoms with E-state index in [4.69, 9.17) is 23.2 Å². The number of hydrogen-bond acceptors (Lipinski definition) is 4. The van der Waals surface area contributed by atoms with Crippen LogP contribution in [-0.4, -0.2) is 56.1 Å². The van der Waals surface area contributed by atoms with E-state index < -0.39 is 16.6 Å². The molecule has 2 N–H and O–H groups in total. The number of aliphatic hydroxyl groups excluding tert-OH is 1. The number of amides is 2. The van der Waals surface area contributed by atoms with Gasteiger partial charge in [0, 0.05) is 58.8 Å². The largest absolute Gasteiger partial charge is 0.396 e. The third kappa shape index (κ3) is 5.41. The average Bonchev–Trinajstić information content (AvgIpc) is 3.52. The van der Waals surface area contributed by atoms with E-state index in [0.29, 0.717) is 36.5 Å². The standard InChI is InChI=1S/C32H30Cl2FN3O3S/c33-22-7-8-24-25(17-36-28(24)15-22)30-32(42-23-4-2-1-3-5-23,31(41)37-12-10-20(19-39)11-13-37)16-29(40)38(30)18-21-6-9-26(34)27(35)14-21/h1-9,14-15,17,20,30,36,39H,10-13,16,18-19H2/t30-,32-/m0/s1. The lowest BCUT2D eigenvalue weighted by Crippen LogP contribution is -2.52. The summed E-state index contributed by atoms with van der Waals surface area (Å²) in [6, 6.07) is 19.0. The highest BCUT2D eigenvalue weighted by atomic mass is 35.5. The molecule has 218 valence electrons. The molecule has 0 saturated carbocycles. The Hall–Kier alpha value is -3.04. The van der Waals surface area contributed by atoms with Gasteiger partial charge in [0.25, 0.3) is 0 Å². The van der Waals surface area contributed by atoms with Gasteiger partial charge in [-0.15, -0.1) is 11.8 Å². The minimum Gasteiger partial charge on any atom is -0.396 e. The summed E-state index contributed by atoms with van der Waals surface area (Å²) in [5.41, 5.74) is 2.17. The summed E-state index contributed by atoms with van der Waals surface area (Å²) in [7, 11) is 0. The van der Waals surface area contributed by atoms with Crippen LogP contribution in [0.15, 0.2) is 77.8 Å². The fraction of sp³-hybridized carbons (Fsp3) is 0.312. The van der Waals surface area contributed by atoms with Crippen LogP contribution >= 0.6 is 35.0 Å². The van der Waals surface area contributed by atoms with Crippen molar-refractivity contribution in [1.29, 1.82) is 0 Å². The van der Waals surface area contributed by atoms with Crippen molar-refractivity contribution in [3.05, 3.63) is 99.9 Å². The normalized spacial score (nSPS) is 21.4. The van der Waals surface area contributed by atoms with Crippen molar-refractivity contribution in [3.8, 4) is 0 Å². The maximum atomic E-state index is 14.8. The predicted octanol–water partition coefficient (Wildman–Crippen LogP) is 6.85. The second-order valence-corrected chi connectivity index (χ2v) is 13.3. The Labute approximate surface area is 257 Å². The van der Waals surface area contributed by atoms with Crippen molar-refractivity contribution >= 4 is 57.7 Å². The first-order valence-corrected chi connectivity index (χ1v) is 15.5. The first-order valence-electron chi connectivity index (χ1n) is 13.9. The summed E-state index contributed by atoms with van der Waals surface area (Å²) in [6.07, 6.45) is 3.23. The lowest BCUT2D eigenvalue weighted by molar-refractivity contribution is -0.136. The number of hydrogen-bond donors (Lipinski definition) is 2. The summed E-state index contributed by atoms with van der Waals surface area (Å²) in [6.45, 7) is 1.22. The number of H-pyrrole nitrogens is 1. The number of nitrogens with one attached hydrogen (secondary N) is 1. The Bertz CT molecular complexity index is 1630. The summed E-state index contributed by atoms with van der Waals surface area (Å²) < 4.78 is 13.3. The quantitative estimate of drug-likeness (QED) is 0.235. The maximum Gasteiger partial charge on any atom is 0.242 e. The van der Waals surface area contributed by atoms with Crippen molar-refractivity contribution in [2.24, 2.45) is 5.92 Å². The molecule has 1 aromatic heterocycles. The molecule has 0 aliphatic carbocycles. The van der Waals surface area contributed by atoms with Gasteiger partial charge >= 0.3 is 0 Å². The zero-order valence-electron chi connectivity index (χ0n) is 22.7. The Balaban J connectivity index is 1.51. The molecule has 4 aromatic rings. The zero-order valence-corrected chi connectivity index (χ0v) is 25.1. The van der Waals surface area contributed by atoms with Gasteiger partial charge < -0.3 is 19.9 Å². The predicted molar refractivity (Wildman–Crippen MR) is 164 cm³/mol. The van der Waals surface area contributed by atoms with E-state index >= 15 is 0 Å². The van der Waals surface area contributed by atoms with Crippen LogP contribution in [0.4, 0.5) is 4.39 Å². The van der Waals surface area contributed by atoms with Gasteiger partial charge in [0.1, 0.15) is 10.6 Å². The summed E-state index contributed by atoms with van der Waals surface area (Å²) >= 11 is 13.7. The molecule has 2 atom stereocenters. The minimum atomic E-state index is -1.20. The smallest absolute Gasteiger partial charge is 0.242 e. The number of thioether (sulfide) groups is 1. The van der Waals surface area contributed by atoms with Crippen LogP contribution in [0.5, 0.6) is 0 Å². The van der Waals surface area contributed by atoms with Crippen molar-refractivity contribution < 1.29 is 19.1 Å². The Morgan fingerprint density at radius 1 is 1.07 bits per heavy atom. The van der Waals surface area contributed by atoms with Crippen molar-refractivity contribution in [2.45, 2.75) is 41.5 Å². The molecule has 2 saturated heterocycles. The third-order valence-electron chi connectivity index (χ3n) is 8.36. The number of nitrogens with zero attached hydrogens (tertiary/aromatic N) is 2. The van der Waals surface area contributed by atoms with Crippen LogP contribution in [-0.2, 0) is 16.1 Å². The molecule has 0 spiro atoms. The Morgan fingerprint density at radius 3 is 2.55 bits per heavy atom. The molecule has 3 aromatic carbocycles. The Morgan fingerprint density at radius 2 is 1.83 bits per heavy atom. The molecule has 2 amide bonds. The Kier molecular flexibility index (Phi) is 8.24. The van der Waals surface area contributed by atoms with Crippen LogP contribution < -0.4 is 0 Å². The summed E-state index contributed by atoms with van der Waals surface area (Å²) in [5, 5.41) is 11.1. The van der Waals surface area contributed by atoms with Gasteiger partial charge in [0.15, 0.2) is 0 Å². The molecule has 10 heteroatoms. The van der Waals surface area contributed by atoms with E-state index in [-0.39, 0.29) is 42.3 Å². The van der Waals surface area contributed by atoms with Gasteiger partial charge in [0.2, 0.25) is 11.8 Å². The van der Waals surface area contributed by atoms with Gasteiger partial charge in [-0.3, -0.25) is 9.59 Å². The van der Waals surface area contributed by atoms with Gasteiger partial charge in [-0.25, -0.2) is 4.39 Å². The highest BCUT2D eigenvalue weighted by molar-refractivity contribution is 8.01. The number of carbonyl (C=O) groups excluding carboxylic acids is 2. The number of fused-ring (bicyclic) bond motifs is 1. The van der Waals surface area contributed by atoms with Gasteiger partial charge in [-0.2, -0.15) is 0 Å². The number of likely N-dealkylation sites (tertiary alicyclic amines) is 2. The second kappa shape index (κ2) is 11.9. The molecule has 3 heterocycles. The molecule has 2 fully saturated rings. The fourth-order valence-electron chi connectivity index (χ4n) is 6.21. The number of piperidine rings is 1. The van der Waals surface area contributed by atoms with Crippen molar-refractivity contribution in [2.75, 3.05) is 19.7 Å². The van der Waals surface area contributed by atoms with Gasteiger partial charge in [0.05, 0.1) is 17.5 Å². The van der Waals surface area contributed by atoms with Crippen molar-refractivity contribution in [1.82, 2.24) is 14.8 Å². The number of benzene rings is 3. The highest BCUT2D eigenvalue weighted by Gasteiger charge is 2.59. The number of aromatic nitrogens is 1. The number of aliphatic hydroxyl groups is 1. The SMILES string of the molecule is O=C1C[C@@](Sc2ccccc2)(C(=O)N2CCC(CO)CC2)[C@H](c2c[nH]c3cc(Cl)ccc23)N1Cc1ccc(Cl)c(F)c1. The molecular weight excluding hydrogens is 596 g/mol. The number of rotatable bonds is 7. The third-order valence-corrected chi connectivity index (χ3v) is 10.3. The molecular formula is C32H30Cl2FN3O3S. The van der Waals surface area contributed by atoms with E-state index in [9.17, 15) is 19.1 Å². The first kappa shape index (κ1) is 29.1. The monoisotopic (exact) mass is 625 g/mol. The molecule has 2 aliphatic heterocycles. The van der Waals surface area contributed by atoms with Crippen molar-refractivity contribution in [3.63, 3.8) is 0 Å². The van der Waals surface area contributed by atoms with E-state index in [1.807, 2.05) is 53.6 Å². The van der Waals surface area contributed by atoms with Crippen LogP contribution in [0.3, 0.4) is 0 Å². The topological polar surface area (TPSA) is 76.6 Å². The first-order chi connectivity index (χ1) is 20.3. The molecule has 6 rings (SSSR count).